The van der Waals surface area contributed by atoms with Crippen LogP contribution in [0.25, 0.3) is 10.9 Å². The lowest BCUT2D eigenvalue weighted by molar-refractivity contribution is -0.143. The van der Waals surface area contributed by atoms with E-state index in [-0.39, 0.29) is 25.3 Å². The van der Waals surface area contributed by atoms with Crippen LogP contribution in [0, 0.1) is 5.92 Å². The molecular formula is C18H23N3O5. The van der Waals surface area contributed by atoms with E-state index in [1.165, 1.54) is 0 Å². The zero-order chi connectivity index (χ0) is 19.3. The molecule has 140 valence electrons. The van der Waals surface area contributed by atoms with Gasteiger partial charge in [0.1, 0.15) is 6.04 Å². The molecule has 0 fully saturated rings. The van der Waals surface area contributed by atoms with Crippen molar-refractivity contribution in [3.05, 3.63) is 45.1 Å². The van der Waals surface area contributed by atoms with Crippen molar-refractivity contribution >= 4 is 22.8 Å². The summed E-state index contributed by atoms with van der Waals surface area (Å²) in [6.45, 7) is 3.69. The highest BCUT2D eigenvalue weighted by atomic mass is 16.4. The monoisotopic (exact) mass is 361 g/mol. The van der Waals surface area contributed by atoms with Crippen LogP contribution in [0.3, 0.4) is 0 Å². The van der Waals surface area contributed by atoms with Crippen LogP contribution in [0.5, 0.6) is 0 Å². The second-order valence-electron chi connectivity index (χ2n) is 6.31. The van der Waals surface area contributed by atoms with E-state index < -0.39 is 29.2 Å². The number of rotatable bonds is 8. The minimum atomic E-state index is -1.07. The lowest BCUT2D eigenvalue weighted by Crippen LogP contribution is -2.45. The fourth-order valence-corrected chi connectivity index (χ4v) is 2.73. The summed E-state index contributed by atoms with van der Waals surface area (Å²) in [6, 6.07) is 5.76. The van der Waals surface area contributed by atoms with Gasteiger partial charge in [-0.15, -0.1) is 0 Å². The molecule has 8 nitrogen and oxygen atoms in total. The molecule has 0 aliphatic carbocycles. The largest absolute Gasteiger partial charge is 0.480 e. The van der Waals surface area contributed by atoms with Crippen molar-refractivity contribution in [2.75, 3.05) is 0 Å². The molecule has 0 spiro atoms. The van der Waals surface area contributed by atoms with Gasteiger partial charge in [-0.1, -0.05) is 32.4 Å². The summed E-state index contributed by atoms with van der Waals surface area (Å²) in [5.74, 6) is -1.68. The van der Waals surface area contributed by atoms with Gasteiger partial charge in [-0.05, 0) is 24.5 Å². The molecule has 0 saturated heterocycles. The summed E-state index contributed by atoms with van der Waals surface area (Å²) in [4.78, 5) is 50.3. The summed E-state index contributed by atoms with van der Waals surface area (Å²) in [5.41, 5.74) is -0.473. The van der Waals surface area contributed by atoms with Crippen LogP contribution in [-0.4, -0.2) is 32.6 Å². The van der Waals surface area contributed by atoms with Crippen molar-refractivity contribution in [3.63, 3.8) is 0 Å². The van der Waals surface area contributed by atoms with Crippen molar-refractivity contribution in [1.82, 2.24) is 14.9 Å². The van der Waals surface area contributed by atoms with E-state index in [1.807, 2.05) is 6.92 Å². The fourth-order valence-electron chi connectivity index (χ4n) is 2.73. The number of nitrogens with one attached hydrogen (secondary N) is 2. The lowest BCUT2D eigenvalue weighted by atomic mass is 9.99. The number of carboxylic acid groups (broad SMARTS) is 1. The number of nitrogens with zero attached hydrogens (tertiary/aromatic N) is 1. The molecule has 8 heteroatoms. The van der Waals surface area contributed by atoms with E-state index in [4.69, 9.17) is 0 Å². The Hall–Kier alpha value is -2.90. The lowest BCUT2D eigenvalue weighted by Gasteiger charge is -2.20. The highest BCUT2D eigenvalue weighted by Gasteiger charge is 2.24. The summed E-state index contributed by atoms with van der Waals surface area (Å²) in [5, 5.41) is 12.1. The van der Waals surface area contributed by atoms with Crippen LogP contribution < -0.4 is 16.6 Å². The van der Waals surface area contributed by atoms with Gasteiger partial charge in [-0.2, -0.15) is 0 Å². The Morgan fingerprint density at radius 1 is 1.27 bits per heavy atom. The molecular weight excluding hydrogens is 338 g/mol. The molecule has 0 radical (unpaired) electrons. The maximum Gasteiger partial charge on any atom is 0.328 e. The fraction of sp³-hybridized carbons (Fsp3) is 0.444. The topological polar surface area (TPSA) is 121 Å². The SMILES string of the molecule is CCC(C)[C@H](NC(=O)CCCn1c(=O)[nH]c2ccccc2c1=O)C(=O)O. The Balaban J connectivity index is 2.03. The maximum absolute atomic E-state index is 12.4. The number of amides is 1. The van der Waals surface area contributed by atoms with Gasteiger partial charge in [-0.25, -0.2) is 9.59 Å². The molecule has 1 unspecified atom stereocenters. The number of fused-ring (bicyclic) bond motifs is 1. The molecule has 0 bridgehead atoms. The molecule has 1 aromatic heterocycles. The number of carbonyl (C=O) groups excluding carboxylic acids is 1. The Labute approximate surface area is 149 Å². The molecule has 0 saturated carbocycles. The van der Waals surface area contributed by atoms with Crippen LogP contribution in [0.15, 0.2) is 33.9 Å². The predicted molar refractivity (Wildman–Crippen MR) is 97.1 cm³/mol. The number of hydrogen-bond acceptors (Lipinski definition) is 4. The third-order valence-corrected chi connectivity index (χ3v) is 4.47. The smallest absolute Gasteiger partial charge is 0.328 e. The number of para-hydroxylation sites is 1. The van der Waals surface area contributed by atoms with Gasteiger partial charge in [0.25, 0.3) is 5.56 Å². The second-order valence-corrected chi connectivity index (χ2v) is 6.31. The van der Waals surface area contributed by atoms with Crippen LogP contribution >= 0.6 is 0 Å². The van der Waals surface area contributed by atoms with E-state index in [0.29, 0.717) is 17.3 Å². The molecule has 0 aliphatic heterocycles. The maximum atomic E-state index is 12.4. The molecule has 1 heterocycles. The first-order chi connectivity index (χ1) is 12.3. The number of aromatic nitrogens is 2. The van der Waals surface area contributed by atoms with Gasteiger partial charge in [0.15, 0.2) is 0 Å². The van der Waals surface area contributed by atoms with Gasteiger partial charge in [0.2, 0.25) is 5.91 Å². The van der Waals surface area contributed by atoms with Crippen LogP contribution in [0.1, 0.15) is 33.1 Å². The second kappa shape index (κ2) is 8.46. The van der Waals surface area contributed by atoms with Gasteiger partial charge >= 0.3 is 11.7 Å². The van der Waals surface area contributed by atoms with Gasteiger partial charge in [0.05, 0.1) is 10.9 Å². The quantitative estimate of drug-likeness (QED) is 0.650. The van der Waals surface area contributed by atoms with Gasteiger partial charge in [0, 0.05) is 13.0 Å². The van der Waals surface area contributed by atoms with E-state index in [1.54, 1.807) is 31.2 Å². The number of carbonyl (C=O) groups is 2. The molecule has 2 aromatic rings. The van der Waals surface area contributed by atoms with Crippen molar-refractivity contribution in [2.24, 2.45) is 5.92 Å². The summed E-state index contributed by atoms with van der Waals surface area (Å²) < 4.78 is 1.05. The van der Waals surface area contributed by atoms with E-state index >= 15 is 0 Å². The number of aromatic amines is 1. The third kappa shape index (κ3) is 4.38. The zero-order valence-corrected chi connectivity index (χ0v) is 14.8. The molecule has 1 amide bonds. The minimum absolute atomic E-state index is 0.0267. The normalized spacial score (nSPS) is 13.3. The van der Waals surface area contributed by atoms with Crippen molar-refractivity contribution in [1.29, 1.82) is 0 Å². The van der Waals surface area contributed by atoms with Crippen LogP contribution in [-0.2, 0) is 16.1 Å². The van der Waals surface area contributed by atoms with Crippen LogP contribution in [0.4, 0.5) is 0 Å². The zero-order valence-electron chi connectivity index (χ0n) is 14.8. The highest BCUT2D eigenvalue weighted by molar-refractivity contribution is 5.83. The molecule has 2 rings (SSSR count). The molecule has 26 heavy (non-hydrogen) atoms. The first-order valence-corrected chi connectivity index (χ1v) is 8.59. The standard InChI is InChI=1S/C18H23N3O5/c1-3-11(2)15(17(24)25)20-14(22)9-6-10-21-16(23)12-7-4-5-8-13(12)19-18(21)26/h4-5,7-8,11,15H,3,6,9-10H2,1-2H3,(H,19,26)(H,20,22)(H,24,25)/t11?,15-/m0/s1. The number of carboxylic acids is 1. The summed E-state index contributed by atoms with van der Waals surface area (Å²) in [6.07, 6.45) is 0.901. The molecule has 3 N–H and O–H groups in total. The Morgan fingerprint density at radius 3 is 2.62 bits per heavy atom. The Morgan fingerprint density at radius 2 is 1.96 bits per heavy atom. The van der Waals surface area contributed by atoms with E-state index in [2.05, 4.69) is 10.3 Å². The third-order valence-electron chi connectivity index (χ3n) is 4.47. The van der Waals surface area contributed by atoms with E-state index in [0.717, 1.165) is 4.57 Å². The highest BCUT2D eigenvalue weighted by Crippen LogP contribution is 2.08. The number of benzene rings is 1. The number of hydrogen-bond donors (Lipinski definition) is 3. The number of H-pyrrole nitrogens is 1. The Bertz CT molecular complexity index is 915. The molecule has 2 atom stereocenters. The molecule has 1 aromatic carbocycles. The van der Waals surface area contributed by atoms with Crippen LogP contribution in [0.2, 0.25) is 0 Å². The first-order valence-electron chi connectivity index (χ1n) is 8.59. The average Bonchev–Trinajstić information content (AvgIpc) is 2.61. The predicted octanol–water partition coefficient (Wildman–Crippen LogP) is 1.09. The van der Waals surface area contributed by atoms with Crippen molar-refractivity contribution in [2.45, 2.75) is 45.7 Å². The Kier molecular flexibility index (Phi) is 6.32. The number of aliphatic carboxylic acids is 1. The average molecular weight is 361 g/mol. The van der Waals surface area contributed by atoms with Gasteiger partial charge < -0.3 is 15.4 Å². The van der Waals surface area contributed by atoms with Crippen molar-refractivity contribution < 1.29 is 14.7 Å². The minimum Gasteiger partial charge on any atom is -0.480 e. The van der Waals surface area contributed by atoms with Crippen molar-refractivity contribution in [3.8, 4) is 0 Å². The van der Waals surface area contributed by atoms with Gasteiger partial charge in [-0.3, -0.25) is 14.2 Å². The summed E-state index contributed by atoms with van der Waals surface area (Å²) in [7, 11) is 0. The van der Waals surface area contributed by atoms with E-state index in [9.17, 15) is 24.3 Å². The molecule has 0 aliphatic rings. The summed E-state index contributed by atoms with van der Waals surface area (Å²) >= 11 is 0. The first kappa shape index (κ1) is 19.4.